The van der Waals surface area contributed by atoms with Crippen molar-refractivity contribution in [2.45, 2.75) is 37.2 Å². The molecule has 0 heterocycles. The van der Waals surface area contributed by atoms with Gasteiger partial charge in [-0.25, -0.2) is 0 Å². The first-order valence-corrected chi connectivity index (χ1v) is 6.63. The van der Waals surface area contributed by atoms with E-state index in [1.54, 1.807) is 7.11 Å². The predicted octanol–water partition coefficient (Wildman–Crippen LogP) is 1.62. The summed E-state index contributed by atoms with van der Waals surface area (Å²) in [6.07, 6.45) is 2.53. The lowest BCUT2D eigenvalue weighted by atomic mass is 9.67. The minimum Gasteiger partial charge on any atom is -0.387 e. The number of aliphatic hydroxyl groups is 1. The SMILES string of the molecule is CCC(O)(COC)C1(CN)CCc2ccccc21. The molecule has 0 aromatic heterocycles. The Hall–Kier alpha value is -0.900. The monoisotopic (exact) mass is 249 g/mol. The Morgan fingerprint density at radius 1 is 1.44 bits per heavy atom. The Balaban J connectivity index is 2.50. The summed E-state index contributed by atoms with van der Waals surface area (Å²) < 4.78 is 5.25. The average molecular weight is 249 g/mol. The number of hydrogen-bond donors (Lipinski definition) is 2. The van der Waals surface area contributed by atoms with Gasteiger partial charge in [-0.3, -0.25) is 0 Å². The van der Waals surface area contributed by atoms with Gasteiger partial charge in [0.05, 0.1) is 12.2 Å². The second-order valence-electron chi connectivity index (χ2n) is 5.26. The van der Waals surface area contributed by atoms with Crippen molar-refractivity contribution in [3.63, 3.8) is 0 Å². The molecule has 2 atom stereocenters. The van der Waals surface area contributed by atoms with Gasteiger partial charge in [0.2, 0.25) is 0 Å². The van der Waals surface area contributed by atoms with Crippen LogP contribution in [0.25, 0.3) is 0 Å². The van der Waals surface area contributed by atoms with E-state index in [4.69, 9.17) is 10.5 Å². The van der Waals surface area contributed by atoms with Crippen molar-refractivity contribution in [2.24, 2.45) is 5.73 Å². The Kier molecular flexibility index (Phi) is 3.76. The second-order valence-corrected chi connectivity index (χ2v) is 5.26. The van der Waals surface area contributed by atoms with Gasteiger partial charge >= 0.3 is 0 Å². The van der Waals surface area contributed by atoms with Gasteiger partial charge in [-0.1, -0.05) is 31.2 Å². The molecular weight excluding hydrogens is 226 g/mol. The van der Waals surface area contributed by atoms with Gasteiger partial charge < -0.3 is 15.6 Å². The second kappa shape index (κ2) is 5.00. The maximum Gasteiger partial charge on any atom is 0.0985 e. The highest BCUT2D eigenvalue weighted by atomic mass is 16.5. The molecule has 0 spiro atoms. The van der Waals surface area contributed by atoms with Gasteiger partial charge in [0.15, 0.2) is 0 Å². The summed E-state index contributed by atoms with van der Waals surface area (Å²) in [6, 6.07) is 8.31. The molecule has 0 amide bonds. The summed E-state index contributed by atoms with van der Waals surface area (Å²) in [5.74, 6) is 0. The molecule has 1 aromatic rings. The zero-order chi connectivity index (χ0) is 13.2. The van der Waals surface area contributed by atoms with E-state index in [9.17, 15) is 5.11 Å². The molecule has 0 saturated heterocycles. The van der Waals surface area contributed by atoms with Crippen molar-refractivity contribution >= 4 is 0 Å². The Labute approximate surface area is 109 Å². The van der Waals surface area contributed by atoms with Gasteiger partial charge in [-0.05, 0) is 30.4 Å². The molecule has 3 nitrogen and oxygen atoms in total. The summed E-state index contributed by atoms with van der Waals surface area (Å²) in [5.41, 5.74) is 7.32. The fourth-order valence-corrected chi connectivity index (χ4v) is 3.39. The van der Waals surface area contributed by atoms with Crippen molar-refractivity contribution in [1.82, 2.24) is 0 Å². The van der Waals surface area contributed by atoms with E-state index in [-0.39, 0.29) is 5.41 Å². The lowest BCUT2D eigenvalue weighted by Crippen LogP contribution is -2.57. The summed E-state index contributed by atoms with van der Waals surface area (Å²) in [7, 11) is 1.63. The van der Waals surface area contributed by atoms with Gasteiger partial charge in [0.1, 0.15) is 0 Å². The molecule has 3 heteroatoms. The molecule has 1 aromatic carbocycles. The number of hydrogen-bond acceptors (Lipinski definition) is 3. The molecule has 3 N–H and O–H groups in total. The number of aryl methyl sites for hydroxylation is 1. The van der Waals surface area contributed by atoms with Crippen molar-refractivity contribution < 1.29 is 9.84 Å². The Morgan fingerprint density at radius 2 is 2.17 bits per heavy atom. The summed E-state index contributed by atoms with van der Waals surface area (Å²) in [4.78, 5) is 0. The molecule has 0 fully saturated rings. The van der Waals surface area contributed by atoms with E-state index >= 15 is 0 Å². The van der Waals surface area contributed by atoms with Crippen LogP contribution in [0.1, 0.15) is 30.9 Å². The molecule has 0 radical (unpaired) electrons. The number of fused-ring (bicyclic) bond motifs is 1. The first-order chi connectivity index (χ1) is 8.63. The molecule has 0 aliphatic heterocycles. The number of rotatable bonds is 5. The van der Waals surface area contributed by atoms with Crippen molar-refractivity contribution in [3.05, 3.63) is 35.4 Å². The van der Waals surface area contributed by atoms with Crippen LogP contribution in [0.5, 0.6) is 0 Å². The maximum absolute atomic E-state index is 11.0. The Bertz CT molecular complexity index is 421. The average Bonchev–Trinajstić information content (AvgIpc) is 2.79. The first kappa shape index (κ1) is 13.5. The van der Waals surface area contributed by atoms with E-state index in [1.165, 1.54) is 11.1 Å². The van der Waals surface area contributed by atoms with Crippen LogP contribution in [-0.4, -0.2) is 31.0 Å². The van der Waals surface area contributed by atoms with E-state index in [0.717, 1.165) is 12.8 Å². The van der Waals surface area contributed by atoms with Gasteiger partial charge in [0.25, 0.3) is 0 Å². The van der Waals surface area contributed by atoms with E-state index in [1.807, 2.05) is 19.1 Å². The van der Waals surface area contributed by atoms with E-state index in [0.29, 0.717) is 19.6 Å². The smallest absolute Gasteiger partial charge is 0.0985 e. The third kappa shape index (κ3) is 1.78. The molecule has 1 aliphatic carbocycles. The molecule has 0 bridgehead atoms. The largest absolute Gasteiger partial charge is 0.387 e. The Morgan fingerprint density at radius 3 is 2.78 bits per heavy atom. The molecular formula is C15H23NO2. The summed E-state index contributed by atoms with van der Waals surface area (Å²) in [5, 5.41) is 11.0. The van der Waals surface area contributed by atoms with Gasteiger partial charge in [-0.2, -0.15) is 0 Å². The first-order valence-electron chi connectivity index (χ1n) is 6.63. The molecule has 1 aliphatic rings. The van der Waals surface area contributed by atoms with E-state index < -0.39 is 5.60 Å². The molecule has 2 rings (SSSR count). The minimum absolute atomic E-state index is 0.328. The molecule has 18 heavy (non-hydrogen) atoms. The van der Waals surface area contributed by atoms with Crippen LogP contribution in [0.2, 0.25) is 0 Å². The number of nitrogens with two attached hydrogens (primary N) is 1. The highest BCUT2D eigenvalue weighted by Gasteiger charge is 2.52. The maximum atomic E-state index is 11.0. The lowest BCUT2D eigenvalue weighted by Gasteiger charge is -2.44. The zero-order valence-electron chi connectivity index (χ0n) is 11.3. The van der Waals surface area contributed by atoms with Crippen LogP contribution in [0, 0.1) is 0 Å². The van der Waals surface area contributed by atoms with Crippen molar-refractivity contribution in [1.29, 1.82) is 0 Å². The number of ether oxygens (including phenoxy) is 1. The number of benzene rings is 1. The van der Waals surface area contributed by atoms with Gasteiger partial charge in [0, 0.05) is 19.1 Å². The van der Waals surface area contributed by atoms with Crippen LogP contribution < -0.4 is 5.73 Å². The van der Waals surface area contributed by atoms with Crippen LogP contribution in [0.3, 0.4) is 0 Å². The summed E-state index contributed by atoms with van der Waals surface area (Å²) in [6.45, 7) is 2.78. The fraction of sp³-hybridized carbons (Fsp3) is 0.600. The quantitative estimate of drug-likeness (QED) is 0.833. The van der Waals surface area contributed by atoms with Crippen molar-refractivity contribution in [3.8, 4) is 0 Å². The van der Waals surface area contributed by atoms with E-state index in [2.05, 4.69) is 12.1 Å². The normalized spacial score (nSPS) is 25.8. The molecule has 100 valence electrons. The molecule has 0 saturated carbocycles. The third-order valence-corrected chi connectivity index (χ3v) is 4.56. The minimum atomic E-state index is -0.886. The summed E-state index contributed by atoms with van der Waals surface area (Å²) >= 11 is 0. The van der Waals surface area contributed by atoms with Crippen LogP contribution >= 0.6 is 0 Å². The fourth-order valence-electron chi connectivity index (χ4n) is 3.39. The predicted molar refractivity (Wildman–Crippen MR) is 72.6 cm³/mol. The zero-order valence-corrected chi connectivity index (χ0v) is 11.3. The lowest BCUT2D eigenvalue weighted by molar-refractivity contribution is -0.0903. The topological polar surface area (TPSA) is 55.5 Å². The number of methoxy groups -OCH3 is 1. The van der Waals surface area contributed by atoms with Crippen LogP contribution in [0.4, 0.5) is 0 Å². The standard InChI is InChI=1S/C15H23NO2/c1-3-15(17,11-18-2)14(10-16)9-8-12-6-4-5-7-13(12)14/h4-7,17H,3,8-11,16H2,1-2H3. The van der Waals surface area contributed by atoms with Crippen LogP contribution in [0.15, 0.2) is 24.3 Å². The highest BCUT2D eigenvalue weighted by Crippen LogP contribution is 2.47. The third-order valence-electron chi connectivity index (χ3n) is 4.56. The van der Waals surface area contributed by atoms with Gasteiger partial charge in [-0.15, -0.1) is 0 Å². The van der Waals surface area contributed by atoms with Crippen molar-refractivity contribution in [2.75, 3.05) is 20.3 Å². The highest BCUT2D eigenvalue weighted by molar-refractivity contribution is 5.42. The van der Waals surface area contributed by atoms with Crippen LogP contribution in [-0.2, 0) is 16.6 Å². The molecule has 2 unspecified atom stereocenters.